The average molecular weight is 268 g/mol. The molecule has 0 atom stereocenters. The van der Waals surface area contributed by atoms with Gasteiger partial charge in [-0.15, -0.1) is 0 Å². The third-order valence-corrected chi connectivity index (χ3v) is 2.92. The first-order valence-electron chi connectivity index (χ1n) is 5.47. The summed E-state index contributed by atoms with van der Waals surface area (Å²) >= 11 is 0. The van der Waals surface area contributed by atoms with E-state index in [9.17, 15) is 19.2 Å². The quantitative estimate of drug-likeness (QED) is 0.578. The number of Topliss-reactive ketones (excluding diaryl/α,β-unsaturated/α-hetero) is 2. The van der Waals surface area contributed by atoms with E-state index in [1.807, 2.05) is 0 Å². The van der Waals surface area contributed by atoms with Gasteiger partial charge in [-0.05, 0) is 38.8 Å². The summed E-state index contributed by atoms with van der Waals surface area (Å²) in [6.07, 6.45) is 0.0949. The Kier molecular flexibility index (Phi) is 5.85. The van der Waals surface area contributed by atoms with Gasteiger partial charge in [-0.2, -0.15) is 0 Å². The second-order valence-electron chi connectivity index (χ2n) is 4.13. The molecule has 0 unspecified atom stereocenters. The molecule has 1 aliphatic rings. The Hall–Kier alpha value is -2.24. The van der Waals surface area contributed by atoms with Crippen LogP contribution in [0.2, 0.25) is 0 Å². The molecule has 2 N–H and O–H groups in total. The zero-order valence-corrected chi connectivity index (χ0v) is 11.2. The first-order chi connectivity index (χ1) is 8.59. The van der Waals surface area contributed by atoms with Crippen molar-refractivity contribution >= 4 is 23.5 Å². The first-order valence-corrected chi connectivity index (χ1v) is 5.47. The van der Waals surface area contributed by atoms with Crippen molar-refractivity contribution in [1.82, 2.24) is 0 Å². The zero-order chi connectivity index (χ0) is 15.3. The highest BCUT2D eigenvalue weighted by Crippen LogP contribution is 2.17. The summed E-state index contributed by atoms with van der Waals surface area (Å²) in [6.45, 7) is 5.91. The van der Waals surface area contributed by atoms with Crippen molar-refractivity contribution in [3.05, 3.63) is 22.3 Å². The van der Waals surface area contributed by atoms with Crippen LogP contribution in [0.5, 0.6) is 0 Å². The molecule has 19 heavy (non-hydrogen) atoms. The molecule has 1 aliphatic carbocycles. The largest absolute Gasteiger partial charge is 0.478 e. The number of carbonyl (C=O) groups excluding carboxylic acids is 2. The lowest BCUT2D eigenvalue weighted by Gasteiger charge is -1.95. The molecule has 0 bridgehead atoms. The Morgan fingerprint density at radius 2 is 1.11 bits per heavy atom. The minimum absolute atomic E-state index is 0.0162. The molecule has 0 heterocycles. The predicted molar refractivity (Wildman–Crippen MR) is 66.7 cm³/mol. The van der Waals surface area contributed by atoms with E-state index in [2.05, 4.69) is 0 Å². The monoisotopic (exact) mass is 268 g/mol. The van der Waals surface area contributed by atoms with E-state index >= 15 is 0 Å². The number of aliphatic carboxylic acids is 2. The Labute approximate surface area is 110 Å². The van der Waals surface area contributed by atoms with Crippen LogP contribution in [-0.2, 0) is 19.2 Å². The highest BCUT2D eigenvalue weighted by molar-refractivity contribution is 6.21. The summed E-state index contributed by atoms with van der Waals surface area (Å²) in [7, 11) is 0. The number of hydrogen-bond donors (Lipinski definition) is 2. The van der Waals surface area contributed by atoms with Crippen LogP contribution in [0.3, 0.4) is 0 Å². The molecule has 0 radical (unpaired) electrons. The fraction of sp³-hybridized carbons (Fsp3) is 0.385. The topological polar surface area (TPSA) is 109 Å². The highest BCUT2D eigenvalue weighted by Gasteiger charge is 2.23. The lowest BCUT2D eigenvalue weighted by molar-refractivity contribution is -0.135. The molecular formula is C13H16O6. The van der Waals surface area contributed by atoms with Gasteiger partial charge in [-0.25, -0.2) is 9.59 Å². The summed E-state index contributed by atoms with van der Waals surface area (Å²) in [6, 6.07) is 0. The number of ketones is 2. The summed E-state index contributed by atoms with van der Waals surface area (Å²) < 4.78 is 0. The Morgan fingerprint density at radius 3 is 1.21 bits per heavy atom. The van der Waals surface area contributed by atoms with Crippen molar-refractivity contribution < 1.29 is 29.4 Å². The zero-order valence-electron chi connectivity index (χ0n) is 11.2. The first kappa shape index (κ1) is 16.8. The number of allylic oxidation sites excluding steroid dienone is 2. The molecule has 0 spiro atoms. The Balaban J connectivity index is 0.000000342. The van der Waals surface area contributed by atoms with Gasteiger partial charge in [0.15, 0.2) is 11.6 Å². The maximum Gasteiger partial charge on any atom is 0.331 e. The molecular weight excluding hydrogens is 252 g/mol. The SMILES string of the molecule is C/C(C(=O)O)=C(\C)C(=O)O.CC1=C(C)C(=O)CC1=O. The van der Waals surface area contributed by atoms with Crippen LogP contribution in [-0.4, -0.2) is 33.7 Å². The van der Waals surface area contributed by atoms with Gasteiger partial charge >= 0.3 is 11.9 Å². The third-order valence-electron chi connectivity index (χ3n) is 2.92. The van der Waals surface area contributed by atoms with Crippen LogP contribution >= 0.6 is 0 Å². The third kappa shape index (κ3) is 4.50. The normalized spacial score (nSPS) is 15.8. The van der Waals surface area contributed by atoms with Crippen molar-refractivity contribution in [1.29, 1.82) is 0 Å². The molecule has 0 amide bonds. The lowest BCUT2D eigenvalue weighted by atomic mass is 10.1. The van der Waals surface area contributed by atoms with Crippen molar-refractivity contribution in [3.8, 4) is 0 Å². The fourth-order valence-corrected chi connectivity index (χ4v) is 1.15. The Morgan fingerprint density at radius 1 is 0.842 bits per heavy atom. The second-order valence-corrected chi connectivity index (χ2v) is 4.13. The number of carboxylic acids is 2. The van der Waals surface area contributed by atoms with Crippen LogP contribution in [0.4, 0.5) is 0 Å². The molecule has 0 saturated heterocycles. The van der Waals surface area contributed by atoms with E-state index in [0.717, 1.165) is 0 Å². The maximum atomic E-state index is 10.7. The van der Waals surface area contributed by atoms with Gasteiger partial charge in [0.25, 0.3) is 0 Å². The molecule has 0 aromatic rings. The van der Waals surface area contributed by atoms with E-state index in [-0.39, 0.29) is 29.1 Å². The van der Waals surface area contributed by atoms with E-state index in [0.29, 0.717) is 11.1 Å². The molecule has 0 aliphatic heterocycles. The van der Waals surface area contributed by atoms with Crippen molar-refractivity contribution in [2.75, 3.05) is 0 Å². The molecule has 0 aromatic carbocycles. The van der Waals surface area contributed by atoms with Gasteiger partial charge in [0.2, 0.25) is 0 Å². The summed E-state index contributed by atoms with van der Waals surface area (Å²) in [5, 5.41) is 16.6. The minimum atomic E-state index is -1.19. The minimum Gasteiger partial charge on any atom is -0.478 e. The number of carbonyl (C=O) groups is 4. The number of rotatable bonds is 2. The summed E-state index contributed by atoms with van der Waals surface area (Å²) in [5.74, 6) is -2.42. The van der Waals surface area contributed by atoms with Crippen molar-refractivity contribution in [2.24, 2.45) is 0 Å². The molecule has 6 heteroatoms. The van der Waals surface area contributed by atoms with E-state index in [4.69, 9.17) is 10.2 Å². The van der Waals surface area contributed by atoms with Crippen LogP contribution in [0.1, 0.15) is 34.1 Å². The van der Waals surface area contributed by atoms with E-state index in [1.54, 1.807) is 13.8 Å². The van der Waals surface area contributed by atoms with Gasteiger partial charge < -0.3 is 10.2 Å². The van der Waals surface area contributed by atoms with Gasteiger partial charge in [-0.1, -0.05) is 0 Å². The second kappa shape index (κ2) is 6.63. The summed E-state index contributed by atoms with van der Waals surface area (Å²) in [5.41, 5.74) is 1.01. The Bertz CT molecular complexity index is 463. The van der Waals surface area contributed by atoms with E-state index in [1.165, 1.54) is 13.8 Å². The standard InChI is InChI=1S/C7H8O2.C6H8O4/c1-4-5(2)7(9)3-6(4)8;1-3(5(7)8)4(2)6(9)10/h3H2,1-2H3;1-2H3,(H,7,8)(H,9,10)/b;4-3-. The molecule has 6 nitrogen and oxygen atoms in total. The van der Waals surface area contributed by atoms with Gasteiger partial charge in [0.05, 0.1) is 6.42 Å². The predicted octanol–water partition coefficient (Wildman–Crippen LogP) is 1.36. The van der Waals surface area contributed by atoms with E-state index < -0.39 is 11.9 Å². The van der Waals surface area contributed by atoms with Crippen LogP contribution in [0.15, 0.2) is 22.3 Å². The highest BCUT2D eigenvalue weighted by atomic mass is 16.4. The van der Waals surface area contributed by atoms with Crippen molar-refractivity contribution in [2.45, 2.75) is 34.1 Å². The van der Waals surface area contributed by atoms with Crippen LogP contribution in [0, 0.1) is 0 Å². The fourth-order valence-electron chi connectivity index (χ4n) is 1.15. The number of carboxylic acid groups (broad SMARTS) is 2. The van der Waals surface area contributed by atoms with Crippen LogP contribution in [0.25, 0.3) is 0 Å². The van der Waals surface area contributed by atoms with Gasteiger partial charge in [-0.3, -0.25) is 9.59 Å². The van der Waals surface area contributed by atoms with Crippen LogP contribution < -0.4 is 0 Å². The maximum absolute atomic E-state index is 10.7. The summed E-state index contributed by atoms with van der Waals surface area (Å²) in [4.78, 5) is 41.7. The molecule has 0 aromatic heterocycles. The lowest BCUT2D eigenvalue weighted by Crippen LogP contribution is -2.06. The molecule has 0 fully saturated rings. The molecule has 1 rings (SSSR count). The number of hydrogen-bond acceptors (Lipinski definition) is 4. The molecule has 104 valence electrons. The van der Waals surface area contributed by atoms with Gasteiger partial charge in [0, 0.05) is 11.1 Å². The van der Waals surface area contributed by atoms with Crippen molar-refractivity contribution in [3.63, 3.8) is 0 Å². The average Bonchev–Trinajstić information content (AvgIpc) is 2.55. The smallest absolute Gasteiger partial charge is 0.331 e. The molecule has 0 saturated carbocycles. The van der Waals surface area contributed by atoms with Gasteiger partial charge in [0.1, 0.15) is 0 Å².